The van der Waals surface area contributed by atoms with Gasteiger partial charge in [-0.15, -0.1) is 0 Å². The first-order valence-electron chi connectivity index (χ1n) is 5.68. The number of hydrogen-bond donors (Lipinski definition) is 1. The summed E-state index contributed by atoms with van der Waals surface area (Å²) in [5, 5.41) is 9.78. The second-order valence-corrected chi connectivity index (χ2v) is 4.24. The normalized spacial score (nSPS) is 11.1. The van der Waals surface area contributed by atoms with E-state index in [2.05, 4.69) is 4.98 Å². The molecule has 0 aliphatic rings. The van der Waals surface area contributed by atoms with Gasteiger partial charge in [0.25, 0.3) is 0 Å². The van der Waals surface area contributed by atoms with Crippen LogP contribution < -0.4 is 0 Å². The molecule has 0 atom stereocenters. The van der Waals surface area contributed by atoms with E-state index >= 15 is 0 Å². The molecule has 0 spiro atoms. The van der Waals surface area contributed by atoms with Crippen molar-refractivity contribution >= 4 is 11.0 Å². The number of phenols is 1. The lowest BCUT2D eigenvalue weighted by atomic mass is 10.2. The van der Waals surface area contributed by atoms with E-state index in [-0.39, 0.29) is 22.7 Å². The lowest BCUT2D eigenvalue weighted by Gasteiger charge is -2.05. The number of aromatic hydroxyl groups is 1. The van der Waals surface area contributed by atoms with Crippen LogP contribution in [0.3, 0.4) is 0 Å². The van der Waals surface area contributed by atoms with Crippen molar-refractivity contribution < 1.29 is 13.9 Å². The molecule has 0 saturated heterocycles. The molecule has 0 saturated carbocycles. The Bertz CT molecular complexity index is 760. The molecular weight excluding hydrogens is 250 g/mol. The van der Waals surface area contributed by atoms with Crippen LogP contribution in [0.15, 0.2) is 36.4 Å². The van der Waals surface area contributed by atoms with Crippen LogP contribution in [0.2, 0.25) is 0 Å². The van der Waals surface area contributed by atoms with Crippen LogP contribution in [0.5, 0.6) is 5.75 Å². The largest absolute Gasteiger partial charge is 0.507 e. The fourth-order valence-electron chi connectivity index (χ4n) is 2.14. The first-order chi connectivity index (χ1) is 9.09. The molecule has 3 rings (SSSR count). The third-order valence-electron chi connectivity index (χ3n) is 3.08. The summed E-state index contributed by atoms with van der Waals surface area (Å²) < 4.78 is 29.1. The zero-order chi connectivity index (χ0) is 13.6. The molecule has 19 heavy (non-hydrogen) atoms. The Hall–Kier alpha value is -2.43. The molecule has 5 heteroatoms. The fourth-order valence-corrected chi connectivity index (χ4v) is 2.14. The lowest BCUT2D eigenvalue weighted by Crippen LogP contribution is -1.95. The number of fused-ring (bicyclic) bond motifs is 1. The third-order valence-corrected chi connectivity index (χ3v) is 3.08. The predicted octanol–water partition coefficient (Wildman–Crippen LogP) is 3.22. The highest BCUT2D eigenvalue weighted by atomic mass is 19.1. The zero-order valence-corrected chi connectivity index (χ0v) is 10.1. The van der Waals surface area contributed by atoms with Crippen molar-refractivity contribution in [3.63, 3.8) is 0 Å². The number of aryl methyl sites for hydroxylation is 1. The fraction of sp³-hybridized carbons (Fsp3) is 0.0714. The van der Waals surface area contributed by atoms with Gasteiger partial charge in [-0.1, -0.05) is 12.1 Å². The molecule has 96 valence electrons. The number of rotatable bonds is 1. The van der Waals surface area contributed by atoms with Gasteiger partial charge in [-0.25, -0.2) is 13.8 Å². The molecule has 0 fully saturated rings. The Morgan fingerprint density at radius 2 is 1.74 bits per heavy atom. The molecule has 0 amide bonds. The molecule has 3 aromatic rings. The van der Waals surface area contributed by atoms with Crippen LogP contribution in [0.1, 0.15) is 0 Å². The summed E-state index contributed by atoms with van der Waals surface area (Å²) >= 11 is 0. The molecule has 2 aromatic carbocycles. The van der Waals surface area contributed by atoms with Gasteiger partial charge in [0.2, 0.25) is 0 Å². The number of imidazole rings is 1. The maximum absolute atomic E-state index is 13.8. The van der Waals surface area contributed by atoms with E-state index in [0.29, 0.717) is 5.52 Å². The second-order valence-electron chi connectivity index (χ2n) is 4.24. The van der Waals surface area contributed by atoms with Crippen molar-refractivity contribution in [3.05, 3.63) is 48.0 Å². The monoisotopic (exact) mass is 260 g/mol. The minimum Gasteiger partial charge on any atom is -0.507 e. The molecule has 0 radical (unpaired) electrons. The quantitative estimate of drug-likeness (QED) is 0.729. The average Bonchev–Trinajstić information content (AvgIpc) is 2.69. The van der Waals surface area contributed by atoms with Gasteiger partial charge in [0.1, 0.15) is 22.9 Å². The lowest BCUT2D eigenvalue weighted by molar-refractivity contribution is 0.471. The summed E-state index contributed by atoms with van der Waals surface area (Å²) in [5.74, 6) is -1.11. The molecule has 0 aliphatic heterocycles. The summed E-state index contributed by atoms with van der Waals surface area (Å²) in [6.07, 6.45) is 0. The summed E-state index contributed by atoms with van der Waals surface area (Å²) in [7, 11) is 1.65. The Morgan fingerprint density at radius 3 is 2.42 bits per heavy atom. The number of benzene rings is 2. The van der Waals surface area contributed by atoms with Crippen molar-refractivity contribution in [3.8, 4) is 17.1 Å². The molecule has 0 aliphatic carbocycles. The van der Waals surface area contributed by atoms with Crippen LogP contribution in [-0.4, -0.2) is 14.7 Å². The minimum absolute atomic E-state index is 0.0272. The molecule has 0 unspecified atom stereocenters. The van der Waals surface area contributed by atoms with Crippen LogP contribution in [0.4, 0.5) is 8.78 Å². The molecule has 1 N–H and O–H groups in total. The highest BCUT2D eigenvalue weighted by molar-refractivity contribution is 5.82. The van der Waals surface area contributed by atoms with Crippen LogP contribution in [-0.2, 0) is 7.05 Å². The number of para-hydroxylation sites is 1. The Morgan fingerprint density at radius 1 is 1.05 bits per heavy atom. The van der Waals surface area contributed by atoms with Crippen molar-refractivity contribution in [1.82, 2.24) is 9.55 Å². The van der Waals surface area contributed by atoms with Crippen molar-refractivity contribution in [2.24, 2.45) is 7.05 Å². The maximum Gasteiger partial charge on any atom is 0.151 e. The highest BCUT2D eigenvalue weighted by Gasteiger charge is 2.18. The number of nitrogens with zero attached hydrogens (tertiary/aromatic N) is 2. The second kappa shape index (κ2) is 4.05. The van der Waals surface area contributed by atoms with Gasteiger partial charge < -0.3 is 9.67 Å². The molecule has 3 nitrogen and oxygen atoms in total. The van der Waals surface area contributed by atoms with Crippen molar-refractivity contribution in [1.29, 1.82) is 0 Å². The van der Waals surface area contributed by atoms with Gasteiger partial charge >= 0.3 is 0 Å². The van der Waals surface area contributed by atoms with Gasteiger partial charge in [0.05, 0.1) is 11.1 Å². The first kappa shape index (κ1) is 11.6. The summed E-state index contributed by atoms with van der Waals surface area (Å²) in [4.78, 5) is 4.09. The van der Waals surface area contributed by atoms with Crippen LogP contribution >= 0.6 is 0 Å². The Kier molecular flexibility index (Phi) is 2.48. The van der Waals surface area contributed by atoms with Gasteiger partial charge in [0, 0.05) is 7.05 Å². The SMILES string of the molecule is Cn1c(-c2c(O)cccc2F)nc2c(F)cccc21. The van der Waals surface area contributed by atoms with Crippen LogP contribution in [0.25, 0.3) is 22.4 Å². The van der Waals surface area contributed by atoms with E-state index in [9.17, 15) is 13.9 Å². The van der Waals surface area contributed by atoms with Crippen molar-refractivity contribution in [2.75, 3.05) is 0 Å². The molecule has 1 aromatic heterocycles. The number of hydrogen-bond acceptors (Lipinski definition) is 2. The minimum atomic E-state index is -0.598. The topological polar surface area (TPSA) is 38.0 Å². The highest BCUT2D eigenvalue weighted by Crippen LogP contribution is 2.33. The number of phenolic OH excluding ortho intramolecular Hbond substituents is 1. The van der Waals surface area contributed by atoms with E-state index in [0.717, 1.165) is 0 Å². The van der Waals surface area contributed by atoms with Crippen molar-refractivity contribution in [2.45, 2.75) is 0 Å². The number of aromatic nitrogens is 2. The van der Waals surface area contributed by atoms with Crippen LogP contribution in [0, 0.1) is 11.6 Å². The van der Waals surface area contributed by atoms with E-state index in [1.54, 1.807) is 23.7 Å². The molecule has 1 heterocycles. The summed E-state index contributed by atoms with van der Waals surface area (Å²) in [6, 6.07) is 8.54. The standard InChI is InChI=1S/C14H10F2N2O/c1-18-10-6-2-5-9(16)13(10)17-14(18)12-8(15)4-3-7-11(12)19/h2-7,19H,1H3. The summed E-state index contributed by atoms with van der Waals surface area (Å²) in [5.41, 5.74) is 0.668. The van der Waals surface area contributed by atoms with Gasteiger partial charge in [-0.05, 0) is 24.3 Å². The molecular formula is C14H10F2N2O. The summed E-state index contributed by atoms with van der Waals surface area (Å²) in [6.45, 7) is 0. The van der Waals surface area contributed by atoms with E-state index in [1.165, 1.54) is 24.3 Å². The maximum atomic E-state index is 13.8. The Labute approximate surface area is 107 Å². The van der Waals surface area contributed by atoms with Gasteiger partial charge in [-0.2, -0.15) is 0 Å². The van der Waals surface area contributed by atoms with E-state index in [4.69, 9.17) is 0 Å². The van der Waals surface area contributed by atoms with Gasteiger partial charge in [-0.3, -0.25) is 0 Å². The van der Waals surface area contributed by atoms with E-state index < -0.39 is 11.6 Å². The third kappa shape index (κ3) is 1.66. The average molecular weight is 260 g/mol. The first-order valence-corrected chi connectivity index (χ1v) is 5.68. The Balaban J connectivity index is 2.38. The predicted molar refractivity (Wildman–Crippen MR) is 67.7 cm³/mol. The smallest absolute Gasteiger partial charge is 0.151 e. The van der Waals surface area contributed by atoms with E-state index in [1.807, 2.05) is 0 Å². The van der Waals surface area contributed by atoms with Gasteiger partial charge in [0.15, 0.2) is 5.82 Å². The molecule has 0 bridgehead atoms. The zero-order valence-electron chi connectivity index (χ0n) is 10.1. The number of halogens is 2.